The number of ether oxygens (including phenoxy) is 2. The predicted octanol–water partition coefficient (Wildman–Crippen LogP) is 2.90. The van der Waals surface area contributed by atoms with Crippen molar-refractivity contribution in [1.29, 1.82) is 0 Å². The van der Waals surface area contributed by atoms with E-state index < -0.39 is 12.2 Å². The number of ketones is 2. The molecule has 6 heteroatoms. The molecule has 1 aliphatic carbocycles. The highest BCUT2D eigenvalue weighted by Gasteiger charge is 2.31. The second-order valence-corrected chi connectivity index (χ2v) is 6.45. The van der Waals surface area contributed by atoms with Crippen molar-refractivity contribution in [3.63, 3.8) is 0 Å². The number of carbonyl (C=O) groups excluding carboxylic acids is 4. The highest BCUT2D eigenvalue weighted by atomic mass is 16.6. The lowest BCUT2D eigenvalue weighted by atomic mass is 9.94. The van der Waals surface area contributed by atoms with Crippen LogP contribution in [0.1, 0.15) is 78.1 Å². The molecule has 136 valence electrons. The number of rotatable bonds is 10. The van der Waals surface area contributed by atoms with Crippen LogP contribution >= 0.6 is 0 Å². The molecule has 0 amide bonds. The van der Waals surface area contributed by atoms with Gasteiger partial charge in [0.2, 0.25) is 0 Å². The van der Waals surface area contributed by atoms with Crippen molar-refractivity contribution in [2.45, 2.75) is 90.3 Å². The monoisotopic (exact) mass is 340 g/mol. The van der Waals surface area contributed by atoms with Gasteiger partial charge in [-0.15, -0.1) is 0 Å². The summed E-state index contributed by atoms with van der Waals surface area (Å²) in [7, 11) is 0. The van der Waals surface area contributed by atoms with Gasteiger partial charge in [-0.25, -0.2) is 0 Å². The molecule has 24 heavy (non-hydrogen) atoms. The van der Waals surface area contributed by atoms with Crippen molar-refractivity contribution in [3.05, 3.63) is 0 Å². The molecular formula is C18H28O6. The lowest BCUT2D eigenvalue weighted by Crippen LogP contribution is -2.37. The molecule has 0 aromatic carbocycles. The van der Waals surface area contributed by atoms with Gasteiger partial charge in [0.15, 0.2) is 0 Å². The highest BCUT2D eigenvalue weighted by molar-refractivity contribution is 5.77. The fourth-order valence-corrected chi connectivity index (χ4v) is 2.75. The van der Waals surface area contributed by atoms with E-state index in [1.807, 2.05) is 0 Å². The molecule has 2 atom stereocenters. The van der Waals surface area contributed by atoms with Crippen LogP contribution in [0.4, 0.5) is 0 Å². The topological polar surface area (TPSA) is 86.7 Å². The molecule has 0 bridgehead atoms. The minimum atomic E-state index is -0.402. The Labute approximate surface area is 143 Å². The van der Waals surface area contributed by atoms with Gasteiger partial charge in [0.05, 0.1) is 0 Å². The minimum absolute atomic E-state index is 0.0535. The van der Waals surface area contributed by atoms with Gasteiger partial charge in [-0.05, 0) is 52.4 Å². The van der Waals surface area contributed by atoms with Crippen LogP contribution in [-0.4, -0.2) is 35.7 Å². The van der Waals surface area contributed by atoms with Crippen molar-refractivity contribution in [2.24, 2.45) is 0 Å². The maximum atomic E-state index is 11.9. The van der Waals surface area contributed by atoms with Crippen molar-refractivity contribution in [2.75, 3.05) is 0 Å². The van der Waals surface area contributed by atoms with Crippen LogP contribution in [-0.2, 0) is 28.7 Å². The second-order valence-electron chi connectivity index (χ2n) is 6.45. The van der Waals surface area contributed by atoms with Crippen molar-refractivity contribution >= 4 is 23.5 Å². The molecule has 1 saturated carbocycles. The summed E-state index contributed by atoms with van der Waals surface area (Å²) in [4.78, 5) is 45.5. The number of hydrogen-bond donors (Lipinski definition) is 0. The first-order valence-electron chi connectivity index (χ1n) is 8.76. The Morgan fingerprint density at radius 1 is 0.708 bits per heavy atom. The van der Waals surface area contributed by atoms with E-state index in [2.05, 4.69) is 0 Å². The fourth-order valence-electron chi connectivity index (χ4n) is 2.75. The summed E-state index contributed by atoms with van der Waals surface area (Å²) >= 11 is 0. The first kappa shape index (κ1) is 20.3. The summed E-state index contributed by atoms with van der Waals surface area (Å²) in [6.07, 6.45) is 4.54. The summed E-state index contributed by atoms with van der Waals surface area (Å²) in [6.45, 7) is 2.99. The third-order valence-corrected chi connectivity index (χ3v) is 4.03. The predicted molar refractivity (Wildman–Crippen MR) is 87.3 cm³/mol. The van der Waals surface area contributed by atoms with E-state index in [1.54, 1.807) is 0 Å². The smallest absolute Gasteiger partial charge is 0.306 e. The van der Waals surface area contributed by atoms with Crippen molar-refractivity contribution < 1.29 is 28.7 Å². The van der Waals surface area contributed by atoms with E-state index in [1.165, 1.54) is 13.8 Å². The lowest BCUT2D eigenvalue weighted by molar-refractivity contribution is -0.171. The van der Waals surface area contributed by atoms with Crippen LogP contribution in [0.15, 0.2) is 0 Å². The molecule has 0 saturated heterocycles. The molecule has 0 aliphatic heterocycles. The summed E-state index contributed by atoms with van der Waals surface area (Å²) in [5.74, 6) is -0.586. The van der Waals surface area contributed by atoms with Gasteiger partial charge in [0, 0.05) is 25.7 Å². The van der Waals surface area contributed by atoms with E-state index >= 15 is 0 Å². The molecule has 2 unspecified atom stereocenters. The third-order valence-electron chi connectivity index (χ3n) is 4.03. The molecule has 0 aromatic heterocycles. The summed E-state index contributed by atoms with van der Waals surface area (Å²) in [5.41, 5.74) is 0. The maximum Gasteiger partial charge on any atom is 0.306 e. The minimum Gasteiger partial charge on any atom is -0.458 e. The number of Topliss-reactive ketones (excluding diaryl/α,β-unsaturated/α-hetero) is 2. The summed E-state index contributed by atoms with van der Waals surface area (Å²) in [6, 6.07) is 0. The van der Waals surface area contributed by atoms with Crippen LogP contribution in [0.25, 0.3) is 0 Å². The zero-order chi connectivity index (χ0) is 17.9. The second kappa shape index (κ2) is 10.9. The van der Waals surface area contributed by atoms with Crippen LogP contribution in [0, 0.1) is 0 Å². The van der Waals surface area contributed by atoms with Crippen LogP contribution in [0.3, 0.4) is 0 Å². The van der Waals surface area contributed by atoms with Gasteiger partial charge in [-0.2, -0.15) is 0 Å². The molecule has 0 radical (unpaired) electrons. The van der Waals surface area contributed by atoms with Gasteiger partial charge in [-0.1, -0.05) is 0 Å². The zero-order valence-corrected chi connectivity index (χ0v) is 14.7. The average Bonchev–Trinajstić information content (AvgIpc) is 2.48. The molecule has 0 spiro atoms. The first-order valence-corrected chi connectivity index (χ1v) is 8.76. The Morgan fingerprint density at radius 3 is 1.42 bits per heavy atom. The van der Waals surface area contributed by atoms with Gasteiger partial charge >= 0.3 is 11.9 Å². The first-order chi connectivity index (χ1) is 11.4. The molecule has 1 rings (SSSR count). The van der Waals surface area contributed by atoms with Gasteiger partial charge in [-0.3, -0.25) is 9.59 Å². The molecule has 6 nitrogen and oxygen atoms in total. The molecule has 0 heterocycles. The van der Waals surface area contributed by atoms with Crippen molar-refractivity contribution in [1.82, 2.24) is 0 Å². The third kappa shape index (κ3) is 8.79. The molecule has 1 aliphatic rings. The Bertz CT molecular complexity index is 414. The van der Waals surface area contributed by atoms with Gasteiger partial charge in [0.1, 0.15) is 23.8 Å². The fraction of sp³-hybridized carbons (Fsp3) is 0.778. The van der Waals surface area contributed by atoms with E-state index in [-0.39, 0.29) is 36.3 Å². The van der Waals surface area contributed by atoms with Crippen molar-refractivity contribution in [3.8, 4) is 0 Å². The Hall–Kier alpha value is -1.72. The lowest BCUT2D eigenvalue weighted by Gasteiger charge is -2.30. The van der Waals surface area contributed by atoms with E-state index in [0.29, 0.717) is 38.5 Å². The number of esters is 2. The highest BCUT2D eigenvalue weighted by Crippen LogP contribution is 2.25. The van der Waals surface area contributed by atoms with Crippen LogP contribution in [0.5, 0.6) is 0 Å². The van der Waals surface area contributed by atoms with E-state index in [4.69, 9.17) is 9.47 Å². The molecular weight excluding hydrogens is 312 g/mol. The summed E-state index contributed by atoms with van der Waals surface area (Å²) in [5, 5.41) is 0. The zero-order valence-electron chi connectivity index (χ0n) is 14.7. The average molecular weight is 340 g/mol. The maximum absolute atomic E-state index is 11.9. The van der Waals surface area contributed by atoms with Gasteiger partial charge < -0.3 is 19.1 Å². The normalized spacial score (nSPS) is 20.2. The van der Waals surface area contributed by atoms with Crippen LogP contribution in [0.2, 0.25) is 0 Å². The Kier molecular flexibility index (Phi) is 9.27. The van der Waals surface area contributed by atoms with Gasteiger partial charge in [0.25, 0.3) is 0 Å². The van der Waals surface area contributed by atoms with E-state index in [9.17, 15) is 19.2 Å². The SMILES string of the molecule is CC(=O)CCCC(=O)OC1CCCCC1OC(=O)CCCC(C)=O. The van der Waals surface area contributed by atoms with Crippen LogP contribution < -0.4 is 0 Å². The molecule has 1 fully saturated rings. The summed E-state index contributed by atoms with van der Waals surface area (Å²) < 4.78 is 10.9. The van der Waals surface area contributed by atoms with E-state index in [0.717, 1.165) is 12.8 Å². The largest absolute Gasteiger partial charge is 0.458 e. The molecule has 0 N–H and O–H groups in total. The number of hydrogen-bond acceptors (Lipinski definition) is 6. The molecule has 0 aromatic rings. The quantitative estimate of drug-likeness (QED) is 0.568. The standard InChI is InChI=1S/C18H28O6/c1-13(19)7-5-11-17(21)23-15-9-3-4-10-16(15)24-18(22)12-6-8-14(2)20/h15-16H,3-12H2,1-2H3. The number of carbonyl (C=O) groups is 4. The Morgan fingerprint density at radius 2 is 1.08 bits per heavy atom. The Balaban J connectivity index is 2.38.